The molecule has 0 radical (unpaired) electrons. The first-order valence-electron chi connectivity index (χ1n) is 6.44. The minimum atomic E-state index is 0.0798. The van der Waals surface area contributed by atoms with Crippen LogP contribution in [-0.4, -0.2) is 28.2 Å². The van der Waals surface area contributed by atoms with Crippen LogP contribution in [0.1, 0.15) is 52.4 Å². The lowest BCUT2D eigenvalue weighted by atomic mass is 9.75. The molecule has 0 bridgehead atoms. The minimum absolute atomic E-state index is 0.0798. The summed E-state index contributed by atoms with van der Waals surface area (Å²) in [6, 6.07) is 0.515. The number of piperidine rings is 1. The molecule has 2 nitrogen and oxygen atoms in total. The lowest BCUT2D eigenvalue weighted by Gasteiger charge is -2.42. The zero-order valence-corrected chi connectivity index (χ0v) is 11.9. The Morgan fingerprint density at radius 3 is 2.50 bits per heavy atom. The van der Waals surface area contributed by atoms with Gasteiger partial charge in [0.05, 0.1) is 4.83 Å². The second-order valence-corrected chi connectivity index (χ2v) is 7.14. The van der Waals surface area contributed by atoms with E-state index in [-0.39, 0.29) is 4.83 Å². The molecule has 92 valence electrons. The van der Waals surface area contributed by atoms with Gasteiger partial charge in [0.2, 0.25) is 5.91 Å². The number of hydrogen-bond donors (Lipinski definition) is 0. The molecule has 2 fully saturated rings. The maximum Gasteiger partial charge on any atom is 0.236 e. The second-order valence-electron chi connectivity index (χ2n) is 6.04. The van der Waals surface area contributed by atoms with Crippen molar-refractivity contribution < 1.29 is 4.79 Å². The molecule has 16 heavy (non-hydrogen) atoms. The van der Waals surface area contributed by atoms with Crippen LogP contribution in [-0.2, 0) is 4.79 Å². The average molecular weight is 288 g/mol. The molecule has 1 saturated carbocycles. The van der Waals surface area contributed by atoms with Crippen molar-refractivity contribution in [2.45, 2.75) is 63.2 Å². The molecule has 0 aromatic carbocycles. The summed E-state index contributed by atoms with van der Waals surface area (Å²) in [6.45, 7) is 5.66. The Labute approximate surface area is 107 Å². The predicted molar refractivity (Wildman–Crippen MR) is 69.7 cm³/mol. The van der Waals surface area contributed by atoms with Crippen LogP contribution in [0.3, 0.4) is 0 Å². The number of halogens is 1. The predicted octanol–water partition coefficient (Wildman–Crippen LogP) is 3.34. The first-order chi connectivity index (χ1) is 7.49. The molecule has 0 N–H and O–H groups in total. The highest BCUT2D eigenvalue weighted by Gasteiger charge is 2.35. The lowest BCUT2D eigenvalue weighted by Crippen LogP contribution is -2.49. The molecule has 1 atom stereocenters. The smallest absolute Gasteiger partial charge is 0.236 e. The van der Waals surface area contributed by atoms with E-state index in [9.17, 15) is 4.79 Å². The van der Waals surface area contributed by atoms with Crippen molar-refractivity contribution in [3.63, 3.8) is 0 Å². The van der Waals surface area contributed by atoms with Crippen LogP contribution in [0.2, 0.25) is 0 Å². The lowest BCUT2D eigenvalue weighted by molar-refractivity contribution is -0.136. The maximum absolute atomic E-state index is 12.1. The summed E-state index contributed by atoms with van der Waals surface area (Å²) in [7, 11) is 0. The van der Waals surface area contributed by atoms with E-state index in [1.807, 2.05) is 0 Å². The topological polar surface area (TPSA) is 20.3 Å². The number of hydrogen-bond acceptors (Lipinski definition) is 1. The Morgan fingerprint density at radius 2 is 1.88 bits per heavy atom. The van der Waals surface area contributed by atoms with Gasteiger partial charge in [0.1, 0.15) is 0 Å². The fraction of sp³-hybridized carbons (Fsp3) is 0.923. The molecule has 2 rings (SSSR count). The number of nitrogens with zero attached hydrogens (tertiary/aromatic N) is 1. The molecule has 0 spiro atoms. The molecule has 1 saturated heterocycles. The Balaban J connectivity index is 1.95. The fourth-order valence-electron chi connectivity index (χ4n) is 2.91. The van der Waals surface area contributed by atoms with Crippen molar-refractivity contribution in [2.24, 2.45) is 5.41 Å². The van der Waals surface area contributed by atoms with Crippen LogP contribution in [0.15, 0.2) is 0 Å². The summed E-state index contributed by atoms with van der Waals surface area (Å²) in [5.41, 5.74) is 0.489. The Bertz CT molecular complexity index is 267. The third kappa shape index (κ3) is 2.61. The molecular weight excluding hydrogens is 266 g/mol. The van der Waals surface area contributed by atoms with Gasteiger partial charge < -0.3 is 4.90 Å². The maximum atomic E-state index is 12.1. The van der Waals surface area contributed by atoms with E-state index >= 15 is 0 Å². The van der Waals surface area contributed by atoms with E-state index in [1.54, 1.807) is 0 Å². The van der Waals surface area contributed by atoms with Crippen LogP contribution < -0.4 is 0 Å². The number of alkyl halides is 1. The monoisotopic (exact) mass is 287 g/mol. The van der Waals surface area contributed by atoms with Gasteiger partial charge in [0, 0.05) is 12.6 Å². The normalized spacial score (nSPS) is 31.8. The third-order valence-corrected chi connectivity index (χ3v) is 5.01. The zero-order chi connectivity index (χ0) is 11.8. The average Bonchev–Trinajstić information content (AvgIpc) is 2.23. The Kier molecular flexibility index (Phi) is 3.62. The van der Waals surface area contributed by atoms with Crippen molar-refractivity contribution in [3.8, 4) is 0 Å². The quantitative estimate of drug-likeness (QED) is 0.678. The molecule has 1 aliphatic carbocycles. The van der Waals surface area contributed by atoms with Gasteiger partial charge in [0.25, 0.3) is 0 Å². The highest BCUT2D eigenvalue weighted by molar-refractivity contribution is 9.10. The highest BCUT2D eigenvalue weighted by Crippen LogP contribution is 2.38. The number of carbonyl (C=O) groups excluding carboxylic acids is 1. The van der Waals surface area contributed by atoms with Crippen molar-refractivity contribution in [1.29, 1.82) is 0 Å². The van der Waals surface area contributed by atoms with Crippen molar-refractivity contribution in [3.05, 3.63) is 0 Å². The van der Waals surface area contributed by atoms with Crippen molar-refractivity contribution in [2.75, 3.05) is 6.54 Å². The second kappa shape index (κ2) is 4.67. The molecule has 3 heteroatoms. The number of amides is 1. The summed E-state index contributed by atoms with van der Waals surface area (Å²) in [6.07, 6.45) is 7.06. The van der Waals surface area contributed by atoms with Gasteiger partial charge in [-0.2, -0.15) is 0 Å². The molecule has 1 aliphatic heterocycles. The molecule has 2 aliphatic rings. The molecule has 1 amide bonds. The van der Waals surface area contributed by atoms with Gasteiger partial charge in [-0.15, -0.1) is 0 Å². The summed E-state index contributed by atoms with van der Waals surface area (Å²) >= 11 is 3.49. The van der Waals surface area contributed by atoms with Gasteiger partial charge >= 0.3 is 0 Å². The van der Waals surface area contributed by atoms with Crippen LogP contribution in [0.25, 0.3) is 0 Å². The van der Waals surface area contributed by atoms with E-state index < -0.39 is 0 Å². The summed E-state index contributed by atoms with van der Waals surface area (Å²) in [5, 5.41) is 0. The van der Waals surface area contributed by atoms with Crippen LogP contribution in [0.4, 0.5) is 0 Å². The summed E-state index contributed by atoms with van der Waals surface area (Å²) < 4.78 is 0. The summed E-state index contributed by atoms with van der Waals surface area (Å²) in [4.78, 5) is 14.3. The zero-order valence-electron chi connectivity index (χ0n) is 10.3. The van der Waals surface area contributed by atoms with E-state index in [0.29, 0.717) is 17.4 Å². The highest BCUT2D eigenvalue weighted by atomic mass is 79.9. The Hall–Kier alpha value is -0.0500. The van der Waals surface area contributed by atoms with Crippen molar-refractivity contribution >= 4 is 21.8 Å². The SMILES string of the molecule is CC1(C)CCC(N2CCCC(Br)C2=O)CC1. The van der Waals surface area contributed by atoms with Gasteiger partial charge in [-0.05, 0) is 43.9 Å². The number of likely N-dealkylation sites (tertiary alicyclic amines) is 1. The van der Waals surface area contributed by atoms with Crippen LogP contribution >= 0.6 is 15.9 Å². The third-order valence-electron chi connectivity index (χ3n) is 4.16. The van der Waals surface area contributed by atoms with Crippen molar-refractivity contribution in [1.82, 2.24) is 4.90 Å². The molecule has 1 unspecified atom stereocenters. The van der Waals surface area contributed by atoms with Crippen LogP contribution in [0, 0.1) is 5.41 Å². The largest absolute Gasteiger partial charge is 0.339 e. The molecular formula is C13H22BrNO. The molecule has 0 aromatic rings. The van der Waals surface area contributed by atoms with Crippen LogP contribution in [0.5, 0.6) is 0 Å². The first kappa shape index (κ1) is 12.4. The van der Waals surface area contributed by atoms with Gasteiger partial charge in [-0.3, -0.25) is 4.79 Å². The van der Waals surface area contributed by atoms with E-state index in [1.165, 1.54) is 25.7 Å². The van der Waals surface area contributed by atoms with Gasteiger partial charge in [-0.1, -0.05) is 29.8 Å². The number of carbonyl (C=O) groups is 1. The van der Waals surface area contributed by atoms with E-state index in [0.717, 1.165) is 19.4 Å². The Morgan fingerprint density at radius 1 is 1.25 bits per heavy atom. The summed E-state index contributed by atoms with van der Waals surface area (Å²) in [5.74, 6) is 0.330. The standard InChI is InChI=1S/C13H22BrNO/c1-13(2)7-5-10(6-8-13)15-9-3-4-11(14)12(15)16/h10-11H,3-9H2,1-2H3. The van der Waals surface area contributed by atoms with E-state index in [4.69, 9.17) is 0 Å². The molecule has 0 aromatic heterocycles. The van der Waals surface area contributed by atoms with Gasteiger partial charge in [-0.25, -0.2) is 0 Å². The minimum Gasteiger partial charge on any atom is -0.339 e. The molecule has 1 heterocycles. The van der Waals surface area contributed by atoms with E-state index in [2.05, 4.69) is 34.7 Å². The number of rotatable bonds is 1. The first-order valence-corrected chi connectivity index (χ1v) is 7.36. The van der Waals surface area contributed by atoms with Gasteiger partial charge in [0.15, 0.2) is 0 Å². The fourth-order valence-corrected chi connectivity index (χ4v) is 3.50.